The molecule has 120 valence electrons. The Labute approximate surface area is 115 Å². The van der Waals surface area contributed by atoms with Gasteiger partial charge >= 0.3 is 51.6 Å². The molecule has 0 aliphatic rings. The summed E-state index contributed by atoms with van der Waals surface area (Å²) in [7, 11) is -4.19. The molecule has 0 amide bonds. The van der Waals surface area contributed by atoms with E-state index in [4.69, 9.17) is 23.7 Å². The van der Waals surface area contributed by atoms with E-state index in [0.29, 0.717) is 0 Å². The van der Waals surface area contributed by atoms with Gasteiger partial charge in [-0.15, -0.1) is 0 Å². The van der Waals surface area contributed by atoms with Crippen molar-refractivity contribution in [1.82, 2.24) is 0 Å². The Morgan fingerprint density at radius 1 is 0.944 bits per heavy atom. The molecule has 0 bridgehead atoms. The van der Waals surface area contributed by atoms with Gasteiger partial charge in [0.15, 0.2) is 0 Å². The van der Waals surface area contributed by atoms with Crippen LogP contribution in [0.25, 0.3) is 30.8 Å². The average Bonchev–Trinajstić information content (AvgIpc) is 1.52. The van der Waals surface area contributed by atoms with E-state index in [-0.39, 0.29) is 47.5 Å². The van der Waals surface area contributed by atoms with E-state index in [9.17, 15) is 14.7 Å². The zero-order valence-corrected chi connectivity index (χ0v) is 10.5. The van der Waals surface area contributed by atoms with Gasteiger partial charge in [0.2, 0.25) is 0 Å². The van der Waals surface area contributed by atoms with Crippen molar-refractivity contribution >= 4 is 11.9 Å². The molecule has 0 aromatic carbocycles. The maximum atomic E-state index is 9.39. The molecule has 0 heterocycles. The molecule has 14 N–H and O–H groups in total. The summed E-state index contributed by atoms with van der Waals surface area (Å²) in [4.78, 5) is 18.7. The molecule has 0 atom stereocenters. The van der Waals surface area contributed by atoms with Gasteiger partial charge in [-0.3, -0.25) is 4.79 Å². The predicted molar refractivity (Wildman–Crippen MR) is 50.3 cm³/mol. The number of rotatable bonds is 2. The summed E-state index contributed by atoms with van der Waals surface area (Å²) >= 11 is 0. The molecule has 15 heteroatoms. The van der Waals surface area contributed by atoms with E-state index in [2.05, 4.69) is 0 Å². The van der Waals surface area contributed by atoms with E-state index < -0.39 is 28.6 Å². The average molecular weight is 345 g/mol. The fourth-order valence-corrected chi connectivity index (χ4v) is 0.123. The van der Waals surface area contributed by atoms with Crippen molar-refractivity contribution in [2.45, 2.75) is 6.42 Å². The second kappa shape index (κ2) is 25.3. The summed E-state index contributed by atoms with van der Waals surface area (Å²) in [5, 5.41) is 17.0. The number of nitrogens with two attached hydrogens (primary N) is 5. The number of carbonyl (C=O) groups is 2. The molecule has 13 nitrogen and oxygen atoms in total. The van der Waals surface area contributed by atoms with Gasteiger partial charge < -0.3 is 45.8 Å². The minimum absolute atomic E-state index is 0. The number of carboxylic acid groups (broad SMARTS) is 2. The van der Waals surface area contributed by atoms with Gasteiger partial charge in [-0.05, 0) is 0 Å². The fourth-order valence-electron chi connectivity index (χ4n) is 0.123. The molecule has 0 saturated heterocycles. The Bertz CT molecular complexity index is 161. The summed E-state index contributed by atoms with van der Waals surface area (Å²) in [6.45, 7) is 0. The fraction of sp³-hybridized carbons (Fsp3) is 0.333. The first-order valence-corrected chi connectivity index (χ1v) is 3.53. The van der Waals surface area contributed by atoms with Crippen molar-refractivity contribution in [3.05, 3.63) is 30.8 Å². The molecule has 0 spiro atoms. The predicted octanol–water partition coefficient (Wildman–Crippen LogP) is -1.07. The van der Waals surface area contributed by atoms with E-state index in [1.54, 1.807) is 0 Å². The Morgan fingerprint density at radius 2 is 1.11 bits per heavy atom. The molecule has 0 radical (unpaired) electrons. The standard InChI is InChI=1S/C3H4O4.ClH3O4.Co.5H2N/c4-2(5)1-3(6)7;2-1(3,4)5;;;;;;/h1H2,(H,4,5)(H,6,7);2-4H;;5*1H2/q;;+3;5*-1/p-1. The Morgan fingerprint density at radius 3 is 1.11 bits per heavy atom. The van der Waals surface area contributed by atoms with Gasteiger partial charge in [0, 0.05) is 0 Å². The number of hydrogen-bond acceptors (Lipinski definition) is 7. The van der Waals surface area contributed by atoms with Gasteiger partial charge in [0.05, 0.1) is 12.4 Å². The van der Waals surface area contributed by atoms with Crippen LogP contribution in [0, 0.1) is 10.2 Å². The van der Waals surface area contributed by atoms with Crippen LogP contribution in [0.5, 0.6) is 0 Å². The molecule has 0 aromatic rings. The minimum atomic E-state index is -4.19. The SMILES string of the molecule is O=C([O-])CC(=O)O.[Co+3].[NH2-].[NH2-].[NH2-].[NH2-].[NH2-].[O-][Cl+](O)(O)O. The molecule has 0 aliphatic carbocycles. The van der Waals surface area contributed by atoms with Gasteiger partial charge in [-0.1, -0.05) is 0 Å². The van der Waals surface area contributed by atoms with Crippen LogP contribution < -0.4 is 9.77 Å². The Hall–Kier alpha value is -0.624. The second-order valence-electron chi connectivity index (χ2n) is 1.38. The Balaban J connectivity index is -0.0000000142. The van der Waals surface area contributed by atoms with Crippen molar-refractivity contribution in [3.8, 4) is 0 Å². The number of carbonyl (C=O) groups excluding carboxylic acids is 1. The number of hydrogen-bond donors (Lipinski definition) is 4. The topological polar surface area (TPSA) is 329 Å². The van der Waals surface area contributed by atoms with Crippen LogP contribution in [0.4, 0.5) is 0 Å². The third-order valence-corrected chi connectivity index (χ3v) is 0.296. The van der Waals surface area contributed by atoms with Gasteiger partial charge in [-0.25, -0.2) is 0 Å². The van der Waals surface area contributed by atoms with Crippen molar-refractivity contribution in [3.63, 3.8) is 0 Å². The number of carboxylic acids is 2. The maximum absolute atomic E-state index is 9.39. The first-order valence-electron chi connectivity index (χ1n) is 2.20. The van der Waals surface area contributed by atoms with E-state index in [0.717, 1.165) is 0 Å². The van der Waals surface area contributed by atoms with Crippen LogP contribution in [0.3, 0.4) is 0 Å². The van der Waals surface area contributed by atoms with Crippen LogP contribution in [0.15, 0.2) is 0 Å². The third-order valence-electron chi connectivity index (χ3n) is 0.296. The van der Waals surface area contributed by atoms with Crippen LogP contribution in [-0.2, 0) is 26.4 Å². The van der Waals surface area contributed by atoms with Crippen LogP contribution in [-0.4, -0.2) is 31.0 Å². The number of halogens is 1. The Kier molecular flexibility index (Phi) is 74.4. The van der Waals surface area contributed by atoms with Crippen molar-refractivity contribution in [2.75, 3.05) is 0 Å². The molecule has 0 rings (SSSR count). The summed E-state index contributed by atoms with van der Waals surface area (Å²) in [5.41, 5.74) is 0. The quantitative estimate of drug-likeness (QED) is 0.445. The second-order valence-corrected chi connectivity index (χ2v) is 2.24. The zero-order chi connectivity index (χ0) is 10.4. The summed E-state index contributed by atoms with van der Waals surface area (Å²) in [6, 6.07) is 0. The van der Waals surface area contributed by atoms with E-state index in [1.807, 2.05) is 0 Å². The molecule has 0 saturated carbocycles. The van der Waals surface area contributed by atoms with Crippen molar-refractivity contribution in [1.29, 1.82) is 0 Å². The van der Waals surface area contributed by atoms with Gasteiger partial charge in [0.25, 0.3) is 0 Å². The first kappa shape index (κ1) is 53.0. The molecular formula is C3H16ClCoN5O8-3. The van der Waals surface area contributed by atoms with Crippen molar-refractivity contribution < 1.29 is 65.5 Å². The molecule has 0 aliphatic heterocycles. The molecular weight excluding hydrogens is 328 g/mol. The molecule has 18 heavy (non-hydrogen) atoms. The van der Waals surface area contributed by atoms with Crippen LogP contribution >= 0.6 is 0 Å². The van der Waals surface area contributed by atoms with Crippen LogP contribution in [0.1, 0.15) is 6.42 Å². The summed E-state index contributed by atoms with van der Waals surface area (Å²) in [6.07, 6.45) is -0.917. The van der Waals surface area contributed by atoms with Crippen LogP contribution in [0.2, 0.25) is 0 Å². The molecule has 0 fully saturated rings. The third kappa shape index (κ3) is 279. The van der Waals surface area contributed by atoms with E-state index in [1.165, 1.54) is 0 Å². The normalized spacial score (nSPS) is 7.33. The zero-order valence-electron chi connectivity index (χ0n) is 8.73. The summed E-state index contributed by atoms with van der Waals surface area (Å²) < 4.78 is 30.2. The summed E-state index contributed by atoms with van der Waals surface area (Å²) in [5.74, 6) is -2.94. The molecule has 0 unspecified atom stereocenters. The molecule has 0 aromatic heterocycles. The number of aliphatic carboxylic acids is 2. The van der Waals surface area contributed by atoms with Gasteiger partial charge in [-0.2, -0.15) is 0 Å². The monoisotopic (exact) mass is 344 g/mol. The van der Waals surface area contributed by atoms with E-state index >= 15 is 0 Å². The first-order chi connectivity index (χ1) is 5.13. The van der Waals surface area contributed by atoms with Crippen molar-refractivity contribution in [2.24, 2.45) is 0 Å². The van der Waals surface area contributed by atoms with Gasteiger partial charge in [0.1, 0.15) is 0 Å².